The van der Waals surface area contributed by atoms with Gasteiger partial charge in [0.25, 0.3) is 5.91 Å². The quantitative estimate of drug-likeness (QED) is 0.799. The molecular weight excluding hydrogens is 389 g/mol. The Morgan fingerprint density at radius 3 is 2.44 bits per heavy atom. The maximum absolute atomic E-state index is 12.0. The van der Waals surface area contributed by atoms with Gasteiger partial charge in [0, 0.05) is 6.07 Å². The molecule has 0 spiro atoms. The molecule has 0 unspecified atom stereocenters. The van der Waals surface area contributed by atoms with Crippen LogP contribution >= 0.6 is 23.2 Å². The Labute approximate surface area is 155 Å². The number of carbonyl (C=O) groups is 1. The van der Waals surface area contributed by atoms with E-state index in [4.69, 9.17) is 32.7 Å². The van der Waals surface area contributed by atoms with Gasteiger partial charge in [-0.15, -0.1) is 0 Å². The van der Waals surface area contributed by atoms with Crippen molar-refractivity contribution in [3.8, 4) is 11.5 Å². The zero-order valence-corrected chi connectivity index (χ0v) is 15.7. The third-order valence-electron chi connectivity index (χ3n) is 3.09. The molecule has 25 heavy (non-hydrogen) atoms. The fourth-order valence-corrected chi connectivity index (χ4v) is 2.74. The number of rotatable bonds is 6. The zero-order chi connectivity index (χ0) is 18.6. The van der Waals surface area contributed by atoms with E-state index in [1.54, 1.807) is 18.2 Å². The molecule has 134 valence electrons. The van der Waals surface area contributed by atoms with Crippen molar-refractivity contribution in [1.82, 2.24) is 4.72 Å². The lowest BCUT2D eigenvalue weighted by atomic mass is 10.2. The predicted molar refractivity (Wildman–Crippen MR) is 96.1 cm³/mol. The van der Waals surface area contributed by atoms with Gasteiger partial charge in [0.1, 0.15) is 18.1 Å². The van der Waals surface area contributed by atoms with Crippen molar-refractivity contribution in [2.45, 2.75) is 6.61 Å². The highest BCUT2D eigenvalue weighted by Gasteiger charge is 2.16. The highest BCUT2D eigenvalue weighted by atomic mass is 35.5. The van der Waals surface area contributed by atoms with E-state index in [0.29, 0.717) is 15.8 Å². The standard InChI is InChI=1S/C16H15Cl2NO5S/c1-23-15-8-11(4-5-12(15)16(20)19-25(2,21)22)24-9-10-3-6-13(17)14(18)7-10/h3-8H,9H2,1-2H3,(H,19,20). The summed E-state index contributed by atoms with van der Waals surface area (Å²) in [6, 6.07) is 9.59. The second kappa shape index (κ2) is 7.95. The molecule has 0 aromatic heterocycles. The molecule has 0 aliphatic heterocycles. The van der Waals surface area contributed by atoms with Crippen LogP contribution in [0.5, 0.6) is 11.5 Å². The van der Waals surface area contributed by atoms with Gasteiger partial charge in [-0.3, -0.25) is 4.79 Å². The first-order valence-electron chi connectivity index (χ1n) is 6.96. The van der Waals surface area contributed by atoms with Gasteiger partial charge in [-0.05, 0) is 29.8 Å². The molecule has 2 aromatic carbocycles. The Morgan fingerprint density at radius 1 is 1.12 bits per heavy atom. The molecular formula is C16H15Cl2NO5S. The second-order valence-corrected chi connectivity index (χ2v) is 7.67. The van der Waals surface area contributed by atoms with E-state index >= 15 is 0 Å². The molecule has 0 atom stereocenters. The van der Waals surface area contributed by atoms with Crippen molar-refractivity contribution in [2.24, 2.45) is 0 Å². The van der Waals surface area contributed by atoms with Crippen molar-refractivity contribution in [2.75, 3.05) is 13.4 Å². The first-order valence-corrected chi connectivity index (χ1v) is 9.61. The Bertz CT molecular complexity index is 899. The summed E-state index contributed by atoms with van der Waals surface area (Å²) in [5, 5.41) is 0.876. The lowest BCUT2D eigenvalue weighted by Crippen LogP contribution is -2.29. The molecule has 0 aliphatic carbocycles. The number of amides is 1. The van der Waals surface area contributed by atoms with E-state index in [1.807, 2.05) is 4.72 Å². The minimum absolute atomic E-state index is 0.0785. The first kappa shape index (κ1) is 19.4. The first-order chi connectivity index (χ1) is 11.7. The number of carbonyl (C=O) groups excluding carboxylic acids is 1. The normalized spacial score (nSPS) is 11.0. The Balaban J connectivity index is 2.15. The number of ether oxygens (including phenoxy) is 2. The number of nitrogens with one attached hydrogen (secondary N) is 1. The molecule has 0 saturated carbocycles. The SMILES string of the molecule is COc1cc(OCc2ccc(Cl)c(Cl)c2)ccc1C(=O)NS(C)(=O)=O. The van der Waals surface area contributed by atoms with Crippen LogP contribution in [0.25, 0.3) is 0 Å². The molecule has 9 heteroatoms. The van der Waals surface area contributed by atoms with Crippen LogP contribution in [0.4, 0.5) is 0 Å². The van der Waals surface area contributed by atoms with Gasteiger partial charge >= 0.3 is 0 Å². The van der Waals surface area contributed by atoms with Crippen LogP contribution in [-0.4, -0.2) is 27.7 Å². The molecule has 0 saturated heterocycles. The molecule has 0 aliphatic rings. The zero-order valence-electron chi connectivity index (χ0n) is 13.4. The molecule has 0 heterocycles. The van der Waals surface area contributed by atoms with E-state index in [0.717, 1.165) is 11.8 Å². The number of halogens is 2. The number of hydrogen-bond donors (Lipinski definition) is 1. The van der Waals surface area contributed by atoms with Crippen molar-refractivity contribution < 1.29 is 22.7 Å². The largest absolute Gasteiger partial charge is 0.496 e. The van der Waals surface area contributed by atoms with Gasteiger partial charge in [0.05, 0.1) is 29.0 Å². The van der Waals surface area contributed by atoms with Crippen LogP contribution in [0.1, 0.15) is 15.9 Å². The lowest BCUT2D eigenvalue weighted by molar-refractivity contribution is 0.0978. The lowest BCUT2D eigenvalue weighted by Gasteiger charge is -2.12. The van der Waals surface area contributed by atoms with Crippen LogP contribution in [0.15, 0.2) is 36.4 Å². The van der Waals surface area contributed by atoms with E-state index in [1.165, 1.54) is 25.3 Å². The number of sulfonamides is 1. The van der Waals surface area contributed by atoms with E-state index < -0.39 is 15.9 Å². The van der Waals surface area contributed by atoms with Crippen LogP contribution in [0.3, 0.4) is 0 Å². The molecule has 0 bridgehead atoms. The van der Waals surface area contributed by atoms with E-state index in [2.05, 4.69) is 0 Å². The minimum Gasteiger partial charge on any atom is -0.496 e. The van der Waals surface area contributed by atoms with Crippen LogP contribution in [-0.2, 0) is 16.6 Å². The van der Waals surface area contributed by atoms with Gasteiger partial charge in [-0.2, -0.15) is 0 Å². The molecule has 2 rings (SSSR count). The summed E-state index contributed by atoms with van der Waals surface area (Å²) < 4.78 is 35.0. The topological polar surface area (TPSA) is 81.7 Å². The van der Waals surface area contributed by atoms with Crippen molar-refractivity contribution in [3.05, 3.63) is 57.6 Å². The Kier molecular flexibility index (Phi) is 6.16. The number of hydrogen-bond acceptors (Lipinski definition) is 5. The van der Waals surface area contributed by atoms with Crippen molar-refractivity contribution >= 4 is 39.1 Å². The second-order valence-electron chi connectivity index (χ2n) is 5.10. The summed E-state index contributed by atoms with van der Waals surface area (Å²) in [5.41, 5.74) is 0.891. The van der Waals surface area contributed by atoms with Gasteiger partial charge in [-0.1, -0.05) is 29.3 Å². The average molecular weight is 404 g/mol. The smallest absolute Gasteiger partial charge is 0.268 e. The van der Waals surface area contributed by atoms with Crippen LogP contribution in [0.2, 0.25) is 10.0 Å². The Morgan fingerprint density at radius 2 is 1.84 bits per heavy atom. The summed E-state index contributed by atoms with van der Waals surface area (Å²) in [5.74, 6) is -0.151. The van der Waals surface area contributed by atoms with Gasteiger partial charge in [0.15, 0.2) is 0 Å². The van der Waals surface area contributed by atoms with Crippen molar-refractivity contribution in [1.29, 1.82) is 0 Å². The fraction of sp³-hybridized carbons (Fsp3) is 0.188. The maximum atomic E-state index is 12.0. The highest BCUT2D eigenvalue weighted by molar-refractivity contribution is 7.89. The molecule has 1 amide bonds. The minimum atomic E-state index is -3.67. The van der Waals surface area contributed by atoms with E-state index in [-0.39, 0.29) is 17.9 Å². The van der Waals surface area contributed by atoms with Crippen LogP contribution in [0, 0.1) is 0 Å². The summed E-state index contributed by atoms with van der Waals surface area (Å²) in [4.78, 5) is 12.0. The van der Waals surface area contributed by atoms with Gasteiger partial charge < -0.3 is 9.47 Å². The number of methoxy groups -OCH3 is 1. The van der Waals surface area contributed by atoms with Crippen molar-refractivity contribution in [3.63, 3.8) is 0 Å². The van der Waals surface area contributed by atoms with Gasteiger partial charge in [0.2, 0.25) is 10.0 Å². The fourth-order valence-electron chi connectivity index (χ4n) is 1.97. The number of benzene rings is 2. The third-order valence-corrected chi connectivity index (χ3v) is 4.38. The third kappa shape index (κ3) is 5.52. The average Bonchev–Trinajstić information content (AvgIpc) is 2.54. The summed E-state index contributed by atoms with van der Waals surface area (Å²) in [6.45, 7) is 0.231. The monoisotopic (exact) mass is 403 g/mol. The highest BCUT2D eigenvalue weighted by Crippen LogP contribution is 2.27. The predicted octanol–water partition coefficient (Wildman–Crippen LogP) is 3.27. The summed E-state index contributed by atoms with van der Waals surface area (Å²) >= 11 is 11.8. The molecule has 6 nitrogen and oxygen atoms in total. The molecule has 0 fully saturated rings. The Hall–Kier alpha value is -1.96. The molecule has 2 aromatic rings. The van der Waals surface area contributed by atoms with Crippen LogP contribution < -0.4 is 14.2 Å². The van der Waals surface area contributed by atoms with E-state index in [9.17, 15) is 13.2 Å². The molecule has 1 N–H and O–H groups in total. The molecule has 0 radical (unpaired) electrons. The summed E-state index contributed by atoms with van der Waals surface area (Å²) in [6.07, 6.45) is 0.895. The summed E-state index contributed by atoms with van der Waals surface area (Å²) in [7, 11) is -2.30. The van der Waals surface area contributed by atoms with Gasteiger partial charge in [-0.25, -0.2) is 13.1 Å². The maximum Gasteiger partial charge on any atom is 0.268 e.